The molecular weight excluding hydrogens is 662 g/mol. The van der Waals surface area contributed by atoms with Crippen molar-refractivity contribution in [3.05, 3.63) is 88.2 Å². The monoisotopic (exact) mass is 705 g/mol. The Morgan fingerprint density at radius 3 is 2.84 bits per heavy atom. The first kappa shape index (κ1) is 33.8. The molecule has 2 bridgehead atoms. The van der Waals surface area contributed by atoms with E-state index in [0.717, 1.165) is 55.9 Å². The highest BCUT2D eigenvalue weighted by Gasteiger charge is 2.44. The maximum absolute atomic E-state index is 14.2. The molecule has 12 heteroatoms. The van der Waals surface area contributed by atoms with Crippen LogP contribution >= 0.6 is 11.6 Å². The zero-order chi connectivity index (χ0) is 34.2. The van der Waals surface area contributed by atoms with Crippen molar-refractivity contribution in [2.75, 3.05) is 37.5 Å². The van der Waals surface area contributed by atoms with Gasteiger partial charge in [-0.3, -0.25) is 19.0 Å². The SMILES string of the molecule is CO[C@H]1/C=C/CCCS(=O)(NC(=O)Cc2ccnn2C)=NC(=O)c2ccc3c(c2)N(C[C@@H]2CC[C@H]21)C[C@@]1(CCCc2cc(Cl)ccc21)CO3. The van der Waals surface area contributed by atoms with Crippen LogP contribution in [0.5, 0.6) is 5.75 Å². The number of aromatic nitrogens is 2. The van der Waals surface area contributed by atoms with Crippen LogP contribution in [0.2, 0.25) is 5.02 Å². The van der Waals surface area contributed by atoms with Gasteiger partial charge in [0.2, 0.25) is 5.91 Å². The number of carbonyl (C=O) groups is 2. The first-order valence-electron chi connectivity index (χ1n) is 17.2. The number of ether oxygens (including phenoxy) is 2. The average molecular weight is 706 g/mol. The third kappa shape index (κ3) is 7.03. The highest BCUT2D eigenvalue weighted by molar-refractivity contribution is 7.92. The summed E-state index contributed by atoms with van der Waals surface area (Å²) in [5.74, 6) is 0.387. The number of halogens is 1. The van der Waals surface area contributed by atoms with Crippen LogP contribution in [0.1, 0.15) is 65.7 Å². The molecule has 1 spiro atoms. The van der Waals surface area contributed by atoms with Crippen molar-refractivity contribution in [3.63, 3.8) is 0 Å². The van der Waals surface area contributed by atoms with Gasteiger partial charge in [0, 0.05) is 55.1 Å². The molecule has 49 heavy (non-hydrogen) atoms. The van der Waals surface area contributed by atoms with E-state index in [2.05, 4.69) is 43.4 Å². The van der Waals surface area contributed by atoms with Gasteiger partial charge in [-0.1, -0.05) is 29.8 Å². The van der Waals surface area contributed by atoms with E-state index in [0.29, 0.717) is 48.3 Å². The Labute approximate surface area is 293 Å². The molecule has 1 N–H and O–H groups in total. The predicted octanol–water partition coefficient (Wildman–Crippen LogP) is 5.82. The number of rotatable bonds is 4. The molecule has 4 aliphatic rings. The Bertz CT molecular complexity index is 1900. The number of aryl methyl sites for hydroxylation is 2. The standard InChI is InChI=1S/C37H44ClN5O5S/c1-42-29(15-17-39-42)21-35(44)40-49(46)18-5-3-4-8-33(47-2)30-12-9-27(30)22-43-23-37(16-6-7-25-19-28(38)11-13-31(25)37)24-48-34-14-10-26(20-32(34)43)36(45)41-49/h4,8,10-11,13-15,17,19-20,27,30,33H,3,5-7,9,12,16,18,21-24H2,1-2H3,(H,40,41,44,45,46)/b8-4+/t27-,30+,33-,37-,49?/m0/s1. The number of allylic oxidation sites excluding steroid dienone is 1. The normalized spacial score (nSPS) is 29.0. The number of carbonyl (C=O) groups excluding carboxylic acids is 2. The van der Waals surface area contributed by atoms with E-state index in [1.807, 2.05) is 18.2 Å². The predicted molar refractivity (Wildman–Crippen MR) is 190 cm³/mol. The number of fused-ring (bicyclic) bond motifs is 4. The maximum atomic E-state index is 14.2. The van der Waals surface area contributed by atoms with Crippen molar-refractivity contribution in [2.24, 2.45) is 23.2 Å². The minimum Gasteiger partial charge on any atom is -0.490 e. The maximum Gasteiger partial charge on any atom is 0.286 e. The molecule has 0 saturated heterocycles. The molecule has 10 nitrogen and oxygen atoms in total. The van der Waals surface area contributed by atoms with Crippen molar-refractivity contribution in [1.82, 2.24) is 14.5 Å². The summed E-state index contributed by atoms with van der Waals surface area (Å²) in [5.41, 5.74) is 4.09. The molecular formula is C37H44ClN5O5S. The second kappa shape index (κ2) is 13.9. The van der Waals surface area contributed by atoms with Crippen molar-refractivity contribution in [2.45, 2.75) is 62.9 Å². The molecule has 2 aromatic carbocycles. The van der Waals surface area contributed by atoms with Crippen LogP contribution in [-0.4, -0.2) is 64.5 Å². The number of hydrogen-bond acceptors (Lipinski definition) is 7. The number of methoxy groups -OCH3 is 1. The molecule has 7 rings (SSSR count). The van der Waals surface area contributed by atoms with E-state index < -0.39 is 21.7 Å². The lowest BCUT2D eigenvalue weighted by Crippen LogP contribution is -2.49. The molecule has 1 aromatic heterocycles. The van der Waals surface area contributed by atoms with Gasteiger partial charge in [0.25, 0.3) is 5.91 Å². The van der Waals surface area contributed by atoms with Crippen LogP contribution in [0, 0.1) is 11.8 Å². The lowest BCUT2D eigenvalue weighted by Gasteiger charge is -2.46. The molecule has 2 amide bonds. The topological polar surface area (TPSA) is 115 Å². The van der Waals surface area contributed by atoms with Gasteiger partial charge in [-0.2, -0.15) is 5.10 Å². The van der Waals surface area contributed by atoms with Crippen LogP contribution in [-0.2, 0) is 44.8 Å². The number of amides is 2. The highest BCUT2D eigenvalue weighted by Crippen LogP contribution is 2.47. The van der Waals surface area contributed by atoms with Gasteiger partial charge in [-0.15, -0.1) is 4.36 Å². The molecule has 1 unspecified atom stereocenters. The third-order valence-electron chi connectivity index (χ3n) is 10.8. The van der Waals surface area contributed by atoms with Gasteiger partial charge in [-0.25, -0.2) is 4.21 Å². The summed E-state index contributed by atoms with van der Waals surface area (Å²) in [6.07, 6.45) is 12.0. The molecule has 1 fully saturated rings. The van der Waals surface area contributed by atoms with Crippen LogP contribution in [0.4, 0.5) is 5.69 Å². The number of nitrogens with one attached hydrogen (secondary N) is 1. The smallest absolute Gasteiger partial charge is 0.286 e. The number of benzene rings is 2. The van der Waals surface area contributed by atoms with Crippen molar-refractivity contribution < 1.29 is 23.3 Å². The summed E-state index contributed by atoms with van der Waals surface area (Å²) in [6.45, 7) is 2.02. The Hall–Kier alpha value is -3.67. The zero-order valence-electron chi connectivity index (χ0n) is 28.1. The Morgan fingerprint density at radius 1 is 1.18 bits per heavy atom. The highest BCUT2D eigenvalue weighted by atomic mass is 35.5. The summed E-state index contributed by atoms with van der Waals surface area (Å²) in [4.78, 5) is 29.3. The van der Waals surface area contributed by atoms with Crippen molar-refractivity contribution >= 4 is 39.0 Å². The van der Waals surface area contributed by atoms with Gasteiger partial charge in [0.05, 0.1) is 30.6 Å². The molecule has 2 aliphatic carbocycles. The molecule has 3 heterocycles. The van der Waals surface area contributed by atoms with Crippen LogP contribution in [0.25, 0.3) is 0 Å². The molecule has 1 saturated carbocycles. The minimum absolute atomic E-state index is 0.0304. The lowest BCUT2D eigenvalue weighted by atomic mass is 9.68. The summed E-state index contributed by atoms with van der Waals surface area (Å²) in [6, 6.07) is 13.3. The average Bonchev–Trinajstić information content (AvgIpc) is 3.39. The fraction of sp³-hybridized carbons (Fsp3) is 0.486. The van der Waals surface area contributed by atoms with E-state index in [-0.39, 0.29) is 23.7 Å². The fourth-order valence-electron chi connectivity index (χ4n) is 8.07. The first-order valence-corrected chi connectivity index (χ1v) is 19.3. The lowest BCUT2D eigenvalue weighted by molar-refractivity contribution is -0.118. The first-order chi connectivity index (χ1) is 23.6. The minimum atomic E-state index is -3.43. The quantitative estimate of drug-likeness (QED) is 0.340. The van der Waals surface area contributed by atoms with Crippen LogP contribution in [0.15, 0.2) is 65.2 Å². The molecule has 3 aromatic rings. The Kier molecular flexibility index (Phi) is 9.60. The van der Waals surface area contributed by atoms with E-state index >= 15 is 0 Å². The van der Waals surface area contributed by atoms with Crippen LogP contribution in [0.3, 0.4) is 0 Å². The summed E-state index contributed by atoms with van der Waals surface area (Å²) >= 11 is 6.44. The van der Waals surface area contributed by atoms with E-state index in [1.54, 1.807) is 37.2 Å². The fourth-order valence-corrected chi connectivity index (χ4v) is 9.86. The molecule has 5 atom stereocenters. The summed E-state index contributed by atoms with van der Waals surface area (Å²) in [7, 11) is 0.0684. The van der Waals surface area contributed by atoms with Gasteiger partial charge < -0.3 is 14.4 Å². The zero-order valence-corrected chi connectivity index (χ0v) is 29.7. The summed E-state index contributed by atoms with van der Waals surface area (Å²) < 4.78 is 35.3. The van der Waals surface area contributed by atoms with Gasteiger partial charge in [0.1, 0.15) is 15.7 Å². The number of nitrogens with zero attached hydrogens (tertiary/aromatic N) is 4. The molecule has 260 valence electrons. The second-order valence-electron chi connectivity index (χ2n) is 13.9. The summed E-state index contributed by atoms with van der Waals surface area (Å²) in [5, 5.41) is 4.85. The van der Waals surface area contributed by atoms with Gasteiger partial charge >= 0.3 is 0 Å². The number of hydrogen-bond donors (Lipinski definition) is 1. The Morgan fingerprint density at radius 2 is 2.06 bits per heavy atom. The molecule has 0 radical (unpaired) electrons. The van der Waals surface area contributed by atoms with Crippen molar-refractivity contribution in [1.29, 1.82) is 0 Å². The van der Waals surface area contributed by atoms with E-state index in [9.17, 15) is 13.8 Å². The largest absolute Gasteiger partial charge is 0.490 e. The van der Waals surface area contributed by atoms with E-state index in [1.165, 1.54) is 11.1 Å². The second-order valence-corrected chi connectivity index (χ2v) is 16.5. The molecule has 2 aliphatic heterocycles. The van der Waals surface area contributed by atoms with Gasteiger partial charge in [-0.05, 0) is 104 Å². The Balaban J connectivity index is 1.27. The van der Waals surface area contributed by atoms with Crippen LogP contribution < -0.4 is 14.4 Å². The third-order valence-corrected chi connectivity index (χ3v) is 12.9. The van der Waals surface area contributed by atoms with E-state index in [4.69, 9.17) is 21.1 Å². The van der Waals surface area contributed by atoms with Gasteiger partial charge in [0.15, 0.2) is 0 Å². The van der Waals surface area contributed by atoms with Crippen molar-refractivity contribution in [3.8, 4) is 5.75 Å². The number of anilines is 1.